The maximum absolute atomic E-state index is 13.3. The number of benzene rings is 2. The molecule has 0 amide bonds. The van der Waals surface area contributed by atoms with Gasteiger partial charge in [-0.05, 0) is 48.6 Å². The molecule has 1 heterocycles. The van der Waals surface area contributed by atoms with Gasteiger partial charge in [-0.1, -0.05) is 73.5 Å². The molecule has 2 fully saturated rings. The quantitative estimate of drug-likeness (QED) is 0.605. The summed E-state index contributed by atoms with van der Waals surface area (Å²) in [5, 5.41) is 11.0. The fraction of sp³-hybridized carbons (Fsp3) is 0.407. The van der Waals surface area contributed by atoms with E-state index in [1.165, 1.54) is 0 Å². The standard InChI is InChI=1S/C27H28O4/c28-24-23(22(20-13-14-20)19-9-5-2-6-10-19)27(30)31-26(25(24)29)21(16-18-11-12-18)15-17-7-3-1-4-8-17/h1-10,18,20-22,26,28H,11-16H2. The van der Waals surface area contributed by atoms with Crippen LogP contribution in [0.5, 0.6) is 0 Å². The highest BCUT2D eigenvalue weighted by atomic mass is 16.6. The van der Waals surface area contributed by atoms with E-state index in [-0.39, 0.29) is 29.1 Å². The SMILES string of the molecule is O=C1OC(C(Cc2ccccc2)CC2CC2)C(=O)C(O)=C1C(c1ccccc1)C1CC1. The van der Waals surface area contributed by atoms with E-state index in [1.807, 2.05) is 60.7 Å². The highest BCUT2D eigenvalue weighted by Gasteiger charge is 2.48. The first kappa shape index (κ1) is 20.0. The van der Waals surface area contributed by atoms with Crippen LogP contribution < -0.4 is 0 Å². The van der Waals surface area contributed by atoms with Crippen LogP contribution in [0.15, 0.2) is 72.0 Å². The Balaban J connectivity index is 1.45. The molecule has 0 spiro atoms. The fourth-order valence-electron chi connectivity index (χ4n) is 4.96. The van der Waals surface area contributed by atoms with Crippen molar-refractivity contribution in [3.05, 3.63) is 83.1 Å². The molecule has 160 valence electrons. The Morgan fingerprint density at radius 2 is 1.55 bits per heavy atom. The van der Waals surface area contributed by atoms with Crippen LogP contribution in [-0.4, -0.2) is 23.0 Å². The molecule has 2 aromatic rings. The van der Waals surface area contributed by atoms with E-state index in [0.29, 0.717) is 12.3 Å². The normalized spacial score (nSPS) is 23.4. The zero-order valence-corrected chi connectivity index (χ0v) is 17.6. The van der Waals surface area contributed by atoms with Gasteiger partial charge in [0.25, 0.3) is 0 Å². The van der Waals surface area contributed by atoms with Gasteiger partial charge in [0, 0.05) is 11.8 Å². The molecule has 0 radical (unpaired) electrons. The van der Waals surface area contributed by atoms with Crippen LogP contribution in [-0.2, 0) is 20.7 Å². The minimum Gasteiger partial charge on any atom is -0.504 e. The monoisotopic (exact) mass is 416 g/mol. The van der Waals surface area contributed by atoms with Gasteiger partial charge in [0.05, 0.1) is 5.57 Å². The first-order chi connectivity index (χ1) is 15.1. The summed E-state index contributed by atoms with van der Waals surface area (Å²) in [6, 6.07) is 19.7. The molecule has 0 aromatic heterocycles. The Morgan fingerprint density at radius 1 is 0.903 bits per heavy atom. The second-order valence-electron chi connectivity index (χ2n) is 9.31. The number of aliphatic hydroxyl groups excluding tert-OH is 1. The van der Waals surface area contributed by atoms with E-state index in [4.69, 9.17) is 4.74 Å². The van der Waals surface area contributed by atoms with Crippen LogP contribution in [0.2, 0.25) is 0 Å². The largest absolute Gasteiger partial charge is 0.504 e. The predicted molar refractivity (Wildman–Crippen MR) is 117 cm³/mol. The van der Waals surface area contributed by atoms with Crippen molar-refractivity contribution in [3.8, 4) is 0 Å². The summed E-state index contributed by atoms with van der Waals surface area (Å²) in [4.78, 5) is 26.5. The van der Waals surface area contributed by atoms with Crippen molar-refractivity contribution in [2.75, 3.05) is 0 Å². The molecular formula is C27H28O4. The Morgan fingerprint density at radius 3 is 2.16 bits per heavy atom. The summed E-state index contributed by atoms with van der Waals surface area (Å²) in [7, 11) is 0. The lowest BCUT2D eigenvalue weighted by molar-refractivity contribution is -0.158. The van der Waals surface area contributed by atoms with E-state index >= 15 is 0 Å². The predicted octanol–water partition coefficient (Wildman–Crippen LogP) is 5.15. The molecule has 0 bridgehead atoms. The first-order valence-electron chi connectivity index (χ1n) is 11.4. The number of esters is 1. The fourth-order valence-corrected chi connectivity index (χ4v) is 4.96. The number of carbonyl (C=O) groups excluding carboxylic acids is 2. The van der Waals surface area contributed by atoms with Gasteiger partial charge >= 0.3 is 5.97 Å². The van der Waals surface area contributed by atoms with E-state index in [0.717, 1.165) is 43.2 Å². The summed E-state index contributed by atoms with van der Waals surface area (Å²) in [6.07, 6.45) is 4.88. The van der Waals surface area contributed by atoms with Gasteiger partial charge in [-0.15, -0.1) is 0 Å². The van der Waals surface area contributed by atoms with E-state index in [1.54, 1.807) is 0 Å². The highest BCUT2D eigenvalue weighted by molar-refractivity contribution is 6.09. The van der Waals surface area contributed by atoms with E-state index in [2.05, 4.69) is 0 Å². The zero-order valence-electron chi connectivity index (χ0n) is 17.6. The second kappa shape index (κ2) is 8.33. The van der Waals surface area contributed by atoms with Crippen LogP contribution in [0.1, 0.15) is 49.1 Å². The average Bonchev–Trinajstić information content (AvgIpc) is 3.70. The lowest BCUT2D eigenvalue weighted by Gasteiger charge is -2.32. The van der Waals surface area contributed by atoms with Crippen molar-refractivity contribution >= 4 is 11.8 Å². The number of aliphatic hydroxyl groups is 1. The maximum atomic E-state index is 13.3. The summed E-state index contributed by atoms with van der Waals surface area (Å²) in [5.41, 5.74) is 2.22. The molecule has 1 aliphatic heterocycles. The van der Waals surface area contributed by atoms with Crippen molar-refractivity contribution in [2.45, 2.75) is 50.5 Å². The number of hydrogen-bond acceptors (Lipinski definition) is 4. The Bertz CT molecular complexity index is 986. The smallest absolute Gasteiger partial charge is 0.339 e. The van der Waals surface area contributed by atoms with E-state index < -0.39 is 17.9 Å². The van der Waals surface area contributed by atoms with Crippen molar-refractivity contribution in [1.29, 1.82) is 0 Å². The highest BCUT2D eigenvalue weighted by Crippen LogP contribution is 2.49. The van der Waals surface area contributed by atoms with E-state index in [9.17, 15) is 14.7 Å². The molecule has 2 saturated carbocycles. The number of rotatable bonds is 8. The molecule has 4 heteroatoms. The third-order valence-corrected chi connectivity index (χ3v) is 6.87. The number of ketones is 1. The lowest BCUT2D eigenvalue weighted by atomic mass is 9.81. The molecule has 1 N–H and O–H groups in total. The first-order valence-corrected chi connectivity index (χ1v) is 11.4. The van der Waals surface area contributed by atoms with Crippen molar-refractivity contribution in [1.82, 2.24) is 0 Å². The van der Waals surface area contributed by atoms with Crippen LogP contribution >= 0.6 is 0 Å². The Hall–Kier alpha value is -2.88. The van der Waals surface area contributed by atoms with Gasteiger partial charge in [0.2, 0.25) is 5.78 Å². The molecule has 3 unspecified atom stereocenters. The molecule has 3 atom stereocenters. The lowest BCUT2D eigenvalue weighted by Crippen LogP contribution is -2.43. The van der Waals surface area contributed by atoms with Gasteiger partial charge in [-0.3, -0.25) is 4.79 Å². The summed E-state index contributed by atoms with van der Waals surface area (Å²) >= 11 is 0. The van der Waals surface area contributed by atoms with Crippen LogP contribution in [0.3, 0.4) is 0 Å². The molecule has 2 aliphatic carbocycles. The Labute approximate surface area is 182 Å². The number of cyclic esters (lactones) is 1. The molecule has 2 aromatic carbocycles. The van der Waals surface area contributed by atoms with Crippen LogP contribution in [0.25, 0.3) is 0 Å². The summed E-state index contributed by atoms with van der Waals surface area (Å²) < 4.78 is 5.82. The number of hydrogen-bond donors (Lipinski definition) is 1. The molecular weight excluding hydrogens is 388 g/mol. The second-order valence-corrected chi connectivity index (χ2v) is 9.31. The van der Waals surface area contributed by atoms with Crippen molar-refractivity contribution < 1.29 is 19.4 Å². The minimum atomic E-state index is -0.910. The molecule has 4 nitrogen and oxygen atoms in total. The third kappa shape index (κ3) is 4.30. The third-order valence-electron chi connectivity index (χ3n) is 6.87. The van der Waals surface area contributed by atoms with Gasteiger partial charge in [-0.25, -0.2) is 4.79 Å². The maximum Gasteiger partial charge on any atom is 0.339 e. The number of ether oxygens (including phenoxy) is 1. The van der Waals surface area contributed by atoms with Gasteiger partial charge in [0.1, 0.15) is 0 Å². The average molecular weight is 417 g/mol. The summed E-state index contributed by atoms with van der Waals surface area (Å²) in [5.74, 6) is -0.898. The van der Waals surface area contributed by atoms with Gasteiger partial charge < -0.3 is 9.84 Å². The molecule has 5 rings (SSSR count). The van der Waals surface area contributed by atoms with Crippen LogP contribution in [0.4, 0.5) is 0 Å². The van der Waals surface area contributed by atoms with Crippen molar-refractivity contribution in [3.63, 3.8) is 0 Å². The Kier molecular flexibility index (Phi) is 5.39. The topological polar surface area (TPSA) is 63.6 Å². The minimum absolute atomic E-state index is 0.119. The van der Waals surface area contributed by atoms with Crippen molar-refractivity contribution in [2.24, 2.45) is 17.8 Å². The summed E-state index contributed by atoms with van der Waals surface area (Å²) in [6.45, 7) is 0. The van der Waals surface area contributed by atoms with Crippen LogP contribution in [0, 0.1) is 17.8 Å². The van der Waals surface area contributed by atoms with Gasteiger partial charge in [0.15, 0.2) is 11.9 Å². The molecule has 31 heavy (non-hydrogen) atoms. The molecule has 3 aliphatic rings. The molecule has 0 saturated heterocycles. The zero-order chi connectivity index (χ0) is 21.4. The number of Topliss-reactive ketones (excluding diaryl/α,β-unsaturated/α-hetero) is 1. The number of carbonyl (C=O) groups is 2. The van der Waals surface area contributed by atoms with Gasteiger partial charge in [-0.2, -0.15) is 0 Å².